The van der Waals surface area contributed by atoms with Crippen LogP contribution in [0.3, 0.4) is 0 Å². The summed E-state index contributed by atoms with van der Waals surface area (Å²) in [5.74, 6) is 0.114. The van der Waals surface area contributed by atoms with Gasteiger partial charge in [-0.2, -0.15) is 4.31 Å². The second kappa shape index (κ2) is 11.1. The standard InChI is InChI=1S/C25H39N3O3S/c1-8-9-13-28(32(30,31)25-21(5)14-20(4)15-22(25)6)18-24(29)27(16-19(2)3)17-23-11-10-12-26(23)7/h10-12,14-15,19H,8-9,13,16-18H2,1-7H3. The van der Waals surface area contributed by atoms with Gasteiger partial charge >= 0.3 is 0 Å². The van der Waals surface area contributed by atoms with Crippen molar-refractivity contribution in [2.24, 2.45) is 13.0 Å². The number of amides is 1. The van der Waals surface area contributed by atoms with Gasteiger partial charge in [0.15, 0.2) is 0 Å². The molecule has 0 N–H and O–H groups in total. The van der Waals surface area contributed by atoms with Crippen molar-refractivity contribution in [3.8, 4) is 0 Å². The van der Waals surface area contributed by atoms with Gasteiger partial charge in [-0.15, -0.1) is 0 Å². The summed E-state index contributed by atoms with van der Waals surface area (Å²) < 4.78 is 30.8. The van der Waals surface area contributed by atoms with Crippen LogP contribution >= 0.6 is 0 Å². The predicted octanol–water partition coefficient (Wildman–Crippen LogP) is 4.43. The van der Waals surface area contributed by atoms with Gasteiger partial charge in [-0.25, -0.2) is 8.42 Å². The molecule has 1 heterocycles. The highest BCUT2D eigenvalue weighted by Gasteiger charge is 2.31. The van der Waals surface area contributed by atoms with E-state index in [1.807, 2.05) is 69.8 Å². The van der Waals surface area contributed by atoms with Crippen molar-refractivity contribution in [2.75, 3.05) is 19.6 Å². The van der Waals surface area contributed by atoms with Gasteiger partial charge in [0.05, 0.1) is 18.0 Å². The molecule has 0 aliphatic rings. The molecule has 1 amide bonds. The highest BCUT2D eigenvalue weighted by Crippen LogP contribution is 2.26. The zero-order valence-electron chi connectivity index (χ0n) is 20.7. The van der Waals surface area contributed by atoms with E-state index < -0.39 is 10.0 Å². The van der Waals surface area contributed by atoms with Gasteiger partial charge in [-0.1, -0.05) is 44.9 Å². The van der Waals surface area contributed by atoms with E-state index in [1.165, 1.54) is 4.31 Å². The maximum Gasteiger partial charge on any atom is 0.244 e. The summed E-state index contributed by atoms with van der Waals surface area (Å²) in [5, 5.41) is 0. The average Bonchev–Trinajstić information content (AvgIpc) is 3.07. The molecule has 0 saturated carbocycles. The fourth-order valence-electron chi connectivity index (χ4n) is 4.12. The normalized spacial score (nSPS) is 12.0. The molecule has 0 bridgehead atoms. The Labute approximate surface area is 194 Å². The molecule has 178 valence electrons. The number of sulfonamides is 1. The van der Waals surface area contributed by atoms with Crippen LogP contribution in [0.25, 0.3) is 0 Å². The second-order valence-corrected chi connectivity index (χ2v) is 11.1. The van der Waals surface area contributed by atoms with Crippen molar-refractivity contribution in [3.63, 3.8) is 0 Å². The van der Waals surface area contributed by atoms with Crippen LogP contribution in [0.15, 0.2) is 35.4 Å². The molecule has 2 rings (SSSR count). The Hall–Kier alpha value is -2.12. The fraction of sp³-hybridized carbons (Fsp3) is 0.560. The Morgan fingerprint density at radius 1 is 1.12 bits per heavy atom. The highest BCUT2D eigenvalue weighted by molar-refractivity contribution is 7.89. The van der Waals surface area contributed by atoms with Crippen LogP contribution in [-0.4, -0.2) is 47.7 Å². The van der Waals surface area contributed by atoms with Crippen molar-refractivity contribution in [2.45, 2.75) is 65.8 Å². The van der Waals surface area contributed by atoms with Crippen LogP contribution < -0.4 is 0 Å². The van der Waals surface area contributed by atoms with E-state index in [4.69, 9.17) is 0 Å². The van der Waals surface area contributed by atoms with Gasteiger partial charge < -0.3 is 9.47 Å². The summed E-state index contributed by atoms with van der Waals surface area (Å²) in [6.45, 7) is 13.0. The fourth-order valence-corrected chi connectivity index (χ4v) is 5.96. The average molecular weight is 462 g/mol. The second-order valence-electron chi connectivity index (χ2n) is 9.20. The number of rotatable bonds is 11. The number of aryl methyl sites for hydroxylation is 4. The Balaban J connectivity index is 2.37. The molecule has 7 heteroatoms. The lowest BCUT2D eigenvalue weighted by Gasteiger charge is -2.29. The van der Waals surface area contributed by atoms with E-state index in [0.717, 1.165) is 28.8 Å². The molecular formula is C25H39N3O3S. The Morgan fingerprint density at radius 3 is 2.25 bits per heavy atom. The van der Waals surface area contributed by atoms with Crippen LogP contribution in [0.5, 0.6) is 0 Å². The Morgan fingerprint density at radius 2 is 1.75 bits per heavy atom. The molecule has 0 saturated heterocycles. The maximum atomic E-state index is 13.7. The number of nitrogens with zero attached hydrogens (tertiary/aromatic N) is 3. The number of unbranched alkanes of at least 4 members (excludes halogenated alkanes) is 1. The van der Waals surface area contributed by atoms with Gasteiger partial charge in [0.25, 0.3) is 0 Å². The molecule has 6 nitrogen and oxygen atoms in total. The molecule has 1 aromatic heterocycles. The minimum Gasteiger partial charge on any atom is -0.353 e. The van der Waals surface area contributed by atoms with E-state index >= 15 is 0 Å². The van der Waals surface area contributed by atoms with E-state index in [1.54, 1.807) is 4.90 Å². The third kappa shape index (κ3) is 6.45. The van der Waals surface area contributed by atoms with E-state index in [0.29, 0.717) is 31.0 Å². The van der Waals surface area contributed by atoms with Crippen LogP contribution in [0.1, 0.15) is 56.0 Å². The number of hydrogen-bond acceptors (Lipinski definition) is 3. The Bertz CT molecular complexity index is 1000. The lowest BCUT2D eigenvalue weighted by molar-refractivity contribution is -0.132. The molecule has 0 spiro atoms. The lowest BCUT2D eigenvalue weighted by atomic mass is 10.1. The molecule has 0 radical (unpaired) electrons. The first-order valence-electron chi connectivity index (χ1n) is 11.4. The zero-order chi connectivity index (χ0) is 24.1. The molecule has 0 aliphatic heterocycles. The number of aromatic nitrogens is 1. The largest absolute Gasteiger partial charge is 0.353 e. The highest BCUT2D eigenvalue weighted by atomic mass is 32.2. The minimum absolute atomic E-state index is 0.147. The first kappa shape index (κ1) is 26.1. The van der Waals surface area contributed by atoms with Gasteiger partial charge in [0, 0.05) is 32.0 Å². The SMILES string of the molecule is CCCCN(CC(=O)N(Cc1cccn1C)CC(C)C)S(=O)(=O)c1c(C)cc(C)cc1C. The van der Waals surface area contributed by atoms with Crippen LogP contribution in [0, 0.1) is 26.7 Å². The minimum atomic E-state index is -3.80. The van der Waals surface area contributed by atoms with Crippen molar-refractivity contribution in [1.82, 2.24) is 13.8 Å². The summed E-state index contributed by atoms with van der Waals surface area (Å²) >= 11 is 0. The molecule has 0 aliphatic carbocycles. The first-order valence-corrected chi connectivity index (χ1v) is 12.9. The quantitative estimate of drug-likeness (QED) is 0.497. The van der Waals surface area contributed by atoms with E-state index in [2.05, 4.69) is 13.8 Å². The van der Waals surface area contributed by atoms with Crippen molar-refractivity contribution >= 4 is 15.9 Å². The van der Waals surface area contributed by atoms with Crippen LogP contribution in [-0.2, 0) is 28.4 Å². The predicted molar refractivity (Wildman–Crippen MR) is 130 cm³/mol. The first-order chi connectivity index (χ1) is 15.0. The number of benzene rings is 1. The topological polar surface area (TPSA) is 62.6 Å². The molecule has 32 heavy (non-hydrogen) atoms. The molecule has 2 aromatic rings. The monoisotopic (exact) mass is 461 g/mol. The number of hydrogen-bond donors (Lipinski definition) is 0. The molecule has 0 unspecified atom stereocenters. The Kier molecular flexibility index (Phi) is 9.10. The van der Waals surface area contributed by atoms with Crippen molar-refractivity contribution in [3.05, 3.63) is 52.8 Å². The van der Waals surface area contributed by atoms with Gasteiger partial charge in [-0.05, 0) is 56.4 Å². The molecule has 1 aromatic carbocycles. The van der Waals surface area contributed by atoms with Gasteiger partial charge in [0.1, 0.15) is 0 Å². The summed E-state index contributed by atoms with van der Waals surface area (Å²) in [5.41, 5.74) is 3.49. The zero-order valence-corrected chi connectivity index (χ0v) is 21.5. The summed E-state index contributed by atoms with van der Waals surface area (Å²) in [7, 11) is -1.85. The van der Waals surface area contributed by atoms with Crippen molar-refractivity contribution < 1.29 is 13.2 Å². The third-order valence-electron chi connectivity index (χ3n) is 5.62. The third-order valence-corrected chi connectivity index (χ3v) is 7.77. The molecular weight excluding hydrogens is 422 g/mol. The van der Waals surface area contributed by atoms with Gasteiger partial charge in [-0.3, -0.25) is 4.79 Å². The maximum absolute atomic E-state index is 13.7. The van der Waals surface area contributed by atoms with Crippen LogP contribution in [0.2, 0.25) is 0 Å². The molecule has 0 fully saturated rings. The number of carbonyl (C=O) groups is 1. The summed E-state index contributed by atoms with van der Waals surface area (Å²) in [6, 6.07) is 7.72. The van der Waals surface area contributed by atoms with Crippen LogP contribution in [0.4, 0.5) is 0 Å². The lowest BCUT2D eigenvalue weighted by Crippen LogP contribution is -2.44. The van der Waals surface area contributed by atoms with Gasteiger partial charge in [0.2, 0.25) is 15.9 Å². The number of carbonyl (C=O) groups excluding carboxylic acids is 1. The summed E-state index contributed by atoms with van der Waals surface area (Å²) in [6.07, 6.45) is 3.51. The molecule has 0 atom stereocenters. The summed E-state index contributed by atoms with van der Waals surface area (Å²) in [4.78, 5) is 15.5. The van der Waals surface area contributed by atoms with Crippen molar-refractivity contribution in [1.29, 1.82) is 0 Å². The van der Waals surface area contributed by atoms with E-state index in [9.17, 15) is 13.2 Å². The van der Waals surface area contributed by atoms with E-state index in [-0.39, 0.29) is 18.4 Å². The smallest absolute Gasteiger partial charge is 0.244 e.